The van der Waals surface area contributed by atoms with Gasteiger partial charge in [0.25, 0.3) is 5.91 Å². The number of carbonyl (C=O) groups is 1. The topological polar surface area (TPSA) is 58.9 Å². The highest BCUT2D eigenvalue weighted by Gasteiger charge is 2.54. The van der Waals surface area contributed by atoms with Crippen molar-refractivity contribution in [2.75, 3.05) is 39.9 Å². The number of carbonyl (C=O) groups excluding carboxylic acids is 1. The predicted octanol–water partition coefficient (Wildman–Crippen LogP) is 2.40. The van der Waals surface area contributed by atoms with Crippen molar-refractivity contribution in [1.82, 2.24) is 19.6 Å². The molecule has 1 aliphatic heterocycles. The largest absolute Gasteiger partial charge is 0.385 e. The Labute approximate surface area is 160 Å². The van der Waals surface area contributed by atoms with Crippen molar-refractivity contribution in [2.24, 2.45) is 17.8 Å². The van der Waals surface area contributed by atoms with Gasteiger partial charge in [0.15, 0.2) is 0 Å². The lowest BCUT2D eigenvalue weighted by atomic mass is 10.2. The minimum atomic E-state index is -0.0107. The molecule has 0 aromatic carbocycles. The second-order valence-corrected chi connectivity index (χ2v) is 8.28. The normalized spacial score (nSPS) is 24.5. The van der Waals surface area contributed by atoms with Crippen molar-refractivity contribution in [3.8, 4) is 0 Å². The van der Waals surface area contributed by atoms with E-state index in [1.165, 1.54) is 13.1 Å². The molecule has 1 aliphatic carbocycles. The fourth-order valence-electron chi connectivity index (χ4n) is 4.45. The number of likely N-dealkylation sites (tertiary alicyclic amines) is 1. The molecule has 4 rings (SSSR count). The van der Waals surface area contributed by atoms with Gasteiger partial charge in [-0.25, -0.2) is 4.98 Å². The third-order valence-corrected chi connectivity index (χ3v) is 6.11. The zero-order valence-corrected chi connectivity index (χ0v) is 16.5. The summed E-state index contributed by atoms with van der Waals surface area (Å²) in [7, 11) is 1.76. The van der Waals surface area contributed by atoms with E-state index in [-0.39, 0.29) is 5.91 Å². The molecule has 3 heterocycles. The molecule has 2 aliphatic rings. The monoisotopic (exact) mass is 370 g/mol. The van der Waals surface area contributed by atoms with Gasteiger partial charge in [-0.15, -0.1) is 0 Å². The molecule has 0 bridgehead atoms. The van der Waals surface area contributed by atoms with Crippen molar-refractivity contribution in [1.29, 1.82) is 0 Å². The molecule has 2 aromatic rings. The molecule has 2 aromatic heterocycles. The Morgan fingerprint density at radius 1 is 1.37 bits per heavy atom. The first-order valence-corrected chi connectivity index (χ1v) is 10.1. The van der Waals surface area contributed by atoms with E-state index in [9.17, 15) is 4.79 Å². The van der Waals surface area contributed by atoms with Gasteiger partial charge in [-0.05, 0) is 42.2 Å². The molecule has 0 radical (unpaired) electrons. The van der Waals surface area contributed by atoms with Crippen LogP contribution in [0.3, 0.4) is 0 Å². The van der Waals surface area contributed by atoms with Crippen LogP contribution in [0, 0.1) is 17.8 Å². The number of aromatic nitrogens is 2. The standard InChI is InChI=1S/C21H30N4O2/c1-14(2)19-13-25-8-4-6-15(20(25)23-19)21(26)22-10-16-17-11-24(12-18(16)17)7-5-9-27-3/h4,6,8,13-14,16-18H,5,7,9-12H2,1-3H3,(H,22,26). The van der Waals surface area contributed by atoms with Crippen LogP contribution in [0.15, 0.2) is 24.5 Å². The summed E-state index contributed by atoms with van der Waals surface area (Å²) < 4.78 is 7.08. The molecule has 1 N–H and O–H groups in total. The van der Waals surface area contributed by atoms with E-state index in [0.717, 1.165) is 49.3 Å². The lowest BCUT2D eigenvalue weighted by molar-refractivity contribution is 0.0950. The molecule has 2 fully saturated rings. The van der Waals surface area contributed by atoms with Gasteiger partial charge in [-0.2, -0.15) is 0 Å². The Morgan fingerprint density at radius 3 is 2.85 bits per heavy atom. The zero-order valence-electron chi connectivity index (χ0n) is 16.5. The number of fused-ring (bicyclic) bond motifs is 2. The molecule has 1 saturated carbocycles. The molecule has 1 amide bonds. The van der Waals surface area contributed by atoms with Gasteiger partial charge in [0.1, 0.15) is 5.65 Å². The summed E-state index contributed by atoms with van der Waals surface area (Å²) in [6.45, 7) is 9.31. The van der Waals surface area contributed by atoms with Crippen molar-refractivity contribution < 1.29 is 9.53 Å². The summed E-state index contributed by atoms with van der Waals surface area (Å²) >= 11 is 0. The average molecular weight is 370 g/mol. The van der Waals surface area contributed by atoms with Crippen LogP contribution in [-0.2, 0) is 4.74 Å². The second kappa shape index (κ2) is 7.60. The number of nitrogens with one attached hydrogen (secondary N) is 1. The number of piperidine rings is 1. The number of rotatable bonds is 8. The van der Waals surface area contributed by atoms with Gasteiger partial charge in [-0.1, -0.05) is 13.8 Å². The van der Waals surface area contributed by atoms with Gasteiger partial charge in [-0.3, -0.25) is 4.79 Å². The van der Waals surface area contributed by atoms with Crippen LogP contribution in [0.1, 0.15) is 42.2 Å². The van der Waals surface area contributed by atoms with Crippen LogP contribution in [0.4, 0.5) is 0 Å². The van der Waals surface area contributed by atoms with Crippen molar-refractivity contribution in [3.05, 3.63) is 35.8 Å². The Kier molecular flexibility index (Phi) is 5.19. The van der Waals surface area contributed by atoms with Gasteiger partial charge in [0.05, 0.1) is 11.3 Å². The number of nitrogens with zero attached hydrogens (tertiary/aromatic N) is 3. The van der Waals surface area contributed by atoms with Crippen LogP contribution >= 0.6 is 0 Å². The van der Waals surface area contributed by atoms with Crippen LogP contribution < -0.4 is 5.32 Å². The minimum Gasteiger partial charge on any atom is -0.385 e. The molecule has 6 nitrogen and oxygen atoms in total. The number of ether oxygens (including phenoxy) is 1. The van der Waals surface area contributed by atoms with Crippen molar-refractivity contribution >= 4 is 11.6 Å². The minimum absolute atomic E-state index is 0.0107. The van der Waals surface area contributed by atoms with Crippen molar-refractivity contribution in [3.63, 3.8) is 0 Å². The lowest BCUT2D eigenvalue weighted by Crippen LogP contribution is -2.31. The van der Waals surface area contributed by atoms with E-state index < -0.39 is 0 Å². The van der Waals surface area contributed by atoms with Gasteiger partial charge in [0, 0.05) is 52.3 Å². The number of hydrogen-bond acceptors (Lipinski definition) is 4. The quantitative estimate of drug-likeness (QED) is 0.725. The lowest BCUT2D eigenvalue weighted by Gasteiger charge is -2.19. The van der Waals surface area contributed by atoms with E-state index in [2.05, 4.69) is 29.0 Å². The zero-order chi connectivity index (χ0) is 19.0. The van der Waals surface area contributed by atoms with E-state index >= 15 is 0 Å². The summed E-state index contributed by atoms with van der Waals surface area (Å²) in [6.07, 6.45) is 5.07. The summed E-state index contributed by atoms with van der Waals surface area (Å²) in [5.74, 6) is 2.48. The third-order valence-electron chi connectivity index (χ3n) is 6.11. The first kappa shape index (κ1) is 18.4. The number of hydrogen-bond donors (Lipinski definition) is 1. The highest BCUT2D eigenvalue weighted by molar-refractivity contribution is 5.99. The smallest absolute Gasteiger partial charge is 0.255 e. The number of amides is 1. The second-order valence-electron chi connectivity index (χ2n) is 8.28. The molecule has 1 saturated heterocycles. The summed E-state index contributed by atoms with van der Waals surface area (Å²) in [5, 5.41) is 3.16. The van der Waals surface area contributed by atoms with E-state index in [4.69, 9.17) is 4.74 Å². The van der Waals surface area contributed by atoms with Crippen LogP contribution in [0.25, 0.3) is 5.65 Å². The van der Waals surface area contributed by atoms with E-state index in [1.54, 1.807) is 7.11 Å². The molecule has 2 atom stereocenters. The SMILES string of the molecule is COCCCN1CC2C(CNC(=O)c3cccn4cc(C(C)C)nc34)C2C1. The molecule has 146 valence electrons. The maximum absolute atomic E-state index is 12.7. The Balaban J connectivity index is 1.31. The Bertz CT molecular complexity index is 804. The predicted molar refractivity (Wildman–Crippen MR) is 105 cm³/mol. The fraction of sp³-hybridized carbons (Fsp3) is 0.619. The van der Waals surface area contributed by atoms with E-state index in [1.807, 2.05) is 28.9 Å². The van der Waals surface area contributed by atoms with Crippen LogP contribution in [-0.4, -0.2) is 60.1 Å². The maximum atomic E-state index is 12.7. The molecule has 2 unspecified atom stereocenters. The summed E-state index contributed by atoms with van der Waals surface area (Å²) in [6, 6.07) is 3.78. The number of pyridine rings is 1. The third kappa shape index (κ3) is 3.73. The maximum Gasteiger partial charge on any atom is 0.255 e. The number of methoxy groups -OCH3 is 1. The summed E-state index contributed by atoms with van der Waals surface area (Å²) in [4.78, 5) is 19.9. The van der Waals surface area contributed by atoms with Crippen LogP contribution in [0.2, 0.25) is 0 Å². The van der Waals surface area contributed by atoms with Gasteiger partial charge in [0.2, 0.25) is 0 Å². The van der Waals surface area contributed by atoms with E-state index in [0.29, 0.717) is 17.4 Å². The average Bonchev–Trinajstić information content (AvgIpc) is 3.03. The Morgan fingerprint density at radius 2 is 2.15 bits per heavy atom. The Hall–Kier alpha value is -1.92. The van der Waals surface area contributed by atoms with Gasteiger partial charge >= 0.3 is 0 Å². The molecule has 0 spiro atoms. The highest BCUT2D eigenvalue weighted by atomic mass is 16.5. The highest BCUT2D eigenvalue weighted by Crippen LogP contribution is 2.51. The summed E-state index contributed by atoms with van der Waals surface area (Å²) in [5.41, 5.74) is 2.43. The number of imidazole rings is 1. The first-order chi connectivity index (χ1) is 13.1. The molecular formula is C21H30N4O2. The molecule has 6 heteroatoms. The van der Waals surface area contributed by atoms with Crippen molar-refractivity contribution in [2.45, 2.75) is 26.2 Å². The van der Waals surface area contributed by atoms with Crippen LogP contribution in [0.5, 0.6) is 0 Å². The first-order valence-electron chi connectivity index (χ1n) is 10.1. The fourth-order valence-corrected chi connectivity index (χ4v) is 4.45. The van der Waals surface area contributed by atoms with Gasteiger partial charge < -0.3 is 19.4 Å². The molecule has 27 heavy (non-hydrogen) atoms. The molecular weight excluding hydrogens is 340 g/mol.